The molecule has 1 aromatic carbocycles. The number of nitrogens with zero attached hydrogens (tertiary/aromatic N) is 1. The summed E-state index contributed by atoms with van der Waals surface area (Å²) in [4.78, 5) is 23.0. The number of benzene rings is 1. The molecule has 2 unspecified atom stereocenters. The van der Waals surface area contributed by atoms with E-state index in [2.05, 4.69) is 21.2 Å². The number of rotatable bonds is 4. The summed E-state index contributed by atoms with van der Waals surface area (Å²) < 4.78 is 0. The highest BCUT2D eigenvalue weighted by Crippen LogP contribution is 2.28. The molecule has 5 nitrogen and oxygen atoms in total. The van der Waals surface area contributed by atoms with E-state index in [1.54, 1.807) is 6.92 Å². The number of hydrogen-bond donors (Lipinski definition) is 1. The van der Waals surface area contributed by atoms with Gasteiger partial charge in [-0.25, -0.2) is 0 Å². The molecule has 1 fully saturated rings. The largest absolute Gasteiger partial charge is 0.352 e. The van der Waals surface area contributed by atoms with Gasteiger partial charge in [0.05, 0.1) is 4.92 Å². The number of nitrogens with one attached hydrogen (secondary N) is 1. The number of nitro benzene ring substituents is 1. The Morgan fingerprint density at radius 1 is 1.48 bits per heavy atom. The van der Waals surface area contributed by atoms with Gasteiger partial charge in [0.25, 0.3) is 11.6 Å². The molecule has 0 bridgehead atoms. The molecule has 0 aromatic heterocycles. The van der Waals surface area contributed by atoms with Gasteiger partial charge in [0, 0.05) is 29.1 Å². The van der Waals surface area contributed by atoms with Crippen molar-refractivity contribution >= 4 is 27.5 Å². The average Bonchev–Trinajstić information content (AvgIpc) is 2.44. The van der Waals surface area contributed by atoms with Gasteiger partial charge in [0.2, 0.25) is 0 Å². The van der Waals surface area contributed by atoms with E-state index >= 15 is 0 Å². The third kappa shape index (κ3) is 4.27. The van der Waals surface area contributed by atoms with Crippen LogP contribution < -0.4 is 5.32 Å². The summed E-state index contributed by atoms with van der Waals surface area (Å²) in [5.41, 5.74) is 1.15. The molecule has 1 aliphatic rings. The van der Waals surface area contributed by atoms with Crippen LogP contribution in [-0.2, 0) is 0 Å². The Labute approximate surface area is 132 Å². The van der Waals surface area contributed by atoms with Crippen molar-refractivity contribution < 1.29 is 9.72 Å². The third-order valence-electron chi connectivity index (χ3n) is 3.94. The van der Waals surface area contributed by atoms with Gasteiger partial charge in [-0.3, -0.25) is 14.9 Å². The second-order valence-electron chi connectivity index (χ2n) is 5.60. The molecule has 2 rings (SSSR count). The van der Waals surface area contributed by atoms with Crippen LogP contribution in [0, 0.1) is 23.0 Å². The zero-order chi connectivity index (χ0) is 15.4. The summed E-state index contributed by atoms with van der Waals surface area (Å²) in [5.74, 6) is 0.351. The Balaban J connectivity index is 1.95. The second kappa shape index (κ2) is 7.02. The van der Waals surface area contributed by atoms with Crippen LogP contribution in [0.2, 0.25) is 0 Å². The van der Waals surface area contributed by atoms with Crippen LogP contribution >= 0.6 is 15.9 Å². The highest BCUT2D eigenvalue weighted by atomic mass is 79.9. The number of aryl methyl sites for hydroxylation is 1. The van der Waals surface area contributed by atoms with E-state index in [0.29, 0.717) is 28.4 Å². The number of carbonyl (C=O) groups excluding carboxylic acids is 1. The summed E-state index contributed by atoms with van der Waals surface area (Å²) in [6, 6.07) is 4.33. The van der Waals surface area contributed by atoms with Crippen LogP contribution in [0.5, 0.6) is 0 Å². The fraction of sp³-hybridized carbons (Fsp3) is 0.533. The molecular formula is C15H19BrN2O3. The van der Waals surface area contributed by atoms with Gasteiger partial charge >= 0.3 is 0 Å². The quantitative estimate of drug-likeness (QED) is 0.510. The zero-order valence-corrected chi connectivity index (χ0v) is 13.6. The van der Waals surface area contributed by atoms with E-state index < -0.39 is 4.92 Å². The van der Waals surface area contributed by atoms with E-state index in [-0.39, 0.29) is 11.6 Å². The van der Waals surface area contributed by atoms with Gasteiger partial charge in [-0.05, 0) is 43.7 Å². The van der Waals surface area contributed by atoms with Crippen LogP contribution in [0.1, 0.15) is 41.6 Å². The highest BCUT2D eigenvalue weighted by Gasteiger charge is 2.21. The van der Waals surface area contributed by atoms with Gasteiger partial charge in [-0.2, -0.15) is 0 Å². The molecular weight excluding hydrogens is 336 g/mol. The minimum absolute atomic E-state index is 0.0125. The van der Waals surface area contributed by atoms with Crippen molar-refractivity contribution in [2.75, 3.05) is 6.54 Å². The Kier molecular flexibility index (Phi) is 5.33. The van der Waals surface area contributed by atoms with Crippen molar-refractivity contribution in [1.82, 2.24) is 5.32 Å². The minimum Gasteiger partial charge on any atom is -0.352 e. The van der Waals surface area contributed by atoms with Crippen molar-refractivity contribution in [2.24, 2.45) is 5.92 Å². The monoisotopic (exact) mass is 354 g/mol. The maximum atomic E-state index is 12.2. The lowest BCUT2D eigenvalue weighted by atomic mass is 9.89. The van der Waals surface area contributed by atoms with Gasteiger partial charge in [0.1, 0.15) is 0 Å². The summed E-state index contributed by atoms with van der Waals surface area (Å²) in [5, 5.41) is 13.6. The van der Waals surface area contributed by atoms with Crippen LogP contribution in [0.25, 0.3) is 0 Å². The molecule has 1 aromatic rings. The number of alkyl halides is 1. The molecule has 6 heteroatoms. The second-order valence-corrected chi connectivity index (χ2v) is 6.89. The topological polar surface area (TPSA) is 72.2 Å². The molecule has 21 heavy (non-hydrogen) atoms. The standard InChI is InChI=1S/C15H19BrN2O3/c1-10-7-13(18(20)21)5-6-14(10)15(19)17-9-11-3-2-4-12(16)8-11/h5-7,11-12H,2-4,8-9H2,1H3,(H,17,19). The summed E-state index contributed by atoms with van der Waals surface area (Å²) >= 11 is 3.64. The Hall–Kier alpha value is -1.43. The van der Waals surface area contributed by atoms with Gasteiger partial charge in [-0.1, -0.05) is 22.4 Å². The van der Waals surface area contributed by atoms with E-state index in [9.17, 15) is 14.9 Å². The smallest absolute Gasteiger partial charge is 0.269 e. The molecule has 0 radical (unpaired) electrons. The number of halogens is 1. The van der Waals surface area contributed by atoms with E-state index in [0.717, 1.165) is 12.8 Å². The van der Waals surface area contributed by atoms with Crippen molar-refractivity contribution in [3.63, 3.8) is 0 Å². The van der Waals surface area contributed by atoms with Crippen molar-refractivity contribution in [3.8, 4) is 0 Å². The van der Waals surface area contributed by atoms with Crippen LogP contribution in [0.4, 0.5) is 5.69 Å². The number of nitro groups is 1. The van der Waals surface area contributed by atoms with Gasteiger partial charge in [0.15, 0.2) is 0 Å². The van der Waals surface area contributed by atoms with Gasteiger partial charge in [-0.15, -0.1) is 0 Å². The molecule has 0 saturated heterocycles. The van der Waals surface area contributed by atoms with Crippen LogP contribution in [-0.4, -0.2) is 22.2 Å². The van der Waals surface area contributed by atoms with E-state index in [1.807, 2.05) is 0 Å². The molecule has 2 atom stereocenters. The third-order valence-corrected chi connectivity index (χ3v) is 4.77. The van der Waals surface area contributed by atoms with Gasteiger partial charge < -0.3 is 5.32 Å². The van der Waals surface area contributed by atoms with Crippen LogP contribution in [0.15, 0.2) is 18.2 Å². The molecule has 0 spiro atoms. The lowest BCUT2D eigenvalue weighted by Crippen LogP contribution is -2.32. The first-order valence-electron chi connectivity index (χ1n) is 7.14. The Bertz CT molecular complexity index is 548. The number of non-ortho nitro benzene ring substituents is 1. The maximum absolute atomic E-state index is 12.2. The number of carbonyl (C=O) groups is 1. The summed E-state index contributed by atoms with van der Waals surface area (Å²) in [6.45, 7) is 2.38. The molecule has 0 heterocycles. The molecule has 114 valence electrons. The van der Waals surface area contributed by atoms with E-state index in [1.165, 1.54) is 31.0 Å². The first-order chi connectivity index (χ1) is 9.97. The normalized spacial score (nSPS) is 21.8. The average molecular weight is 355 g/mol. The lowest BCUT2D eigenvalue weighted by molar-refractivity contribution is -0.384. The summed E-state index contributed by atoms with van der Waals surface area (Å²) in [6.07, 6.45) is 4.61. The molecule has 1 aliphatic carbocycles. The summed E-state index contributed by atoms with van der Waals surface area (Å²) in [7, 11) is 0. The predicted molar refractivity (Wildman–Crippen MR) is 84.8 cm³/mol. The first kappa shape index (κ1) is 15.9. The first-order valence-corrected chi connectivity index (χ1v) is 8.06. The van der Waals surface area contributed by atoms with Crippen molar-refractivity contribution in [3.05, 3.63) is 39.4 Å². The SMILES string of the molecule is Cc1cc([N+](=O)[O-])ccc1C(=O)NCC1CCCC(Br)C1. The van der Waals surface area contributed by atoms with E-state index in [4.69, 9.17) is 0 Å². The Morgan fingerprint density at radius 2 is 2.24 bits per heavy atom. The molecule has 1 saturated carbocycles. The molecule has 1 N–H and O–H groups in total. The molecule has 1 amide bonds. The fourth-order valence-corrected chi connectivity index (χ4v) is 3.61. The molecule has 0 aliphatic heterocycles. The zero-order valence-electron chi connectivity index (χ0n) is 12.0. The maximum Gasteiger partial charge on any atom is 0.269 e. The minimum atomic E-state index is -0.452. The Morgan fingerprint density at radius 3 is 2.86 bits per heavy atom. The van der Waals surface area contributed by atoms with Crippen molar-refractivity contribution in [1.29, 1.82) is 0 Å². The highest BCUT2D eigenvalue weighted by molar-refractivity contribution is 9.09. The number of hydrogen-bond acceptors (Lipinski definition) is 3. The van der Waals surface area contributed by atoms with Crippen molar-refractivity contribution in [2.45, 2.75) is 37.4 Å². The number of amides is 1. The lowest BCUT2D eigenvalue weighted by Gasteiger charge is -2.25. The fourth-order valence-electron chi connectivity index (χ4n) is 2.76. The predicted octanol–water partition coefficient (Wildman–Crippen LogP) is 3.59. The van der Waals surface area contributed by atoms with Crippen LogP contribution in [0.3, 0.4) is 0 Å².